The number of nitrogens with zero attached hydrogens (tertiary/aromatic N) is 1. The number of hydrogen-bond acceptors (Lipinski definition) is 5. The summed E-state index contributed by atoms with van der Waals surface area (Å²) in [7, 11) is 0. The lowest BCUT2D eigenvalue weighted by Gasteiger charge is -2.03. The van der Waals surface area contributed by atoms with Crippen molar-refractivity contribution in [3.05, 3.63) is 80.9 Å². The highest BCUT2D eigenvalue weighted by Gasteiger charge is 2.13. The number of carbonyl (C=O) groups is 1. The molecular weight excluding hydrogens is 358 g/mol. The topological polar surface area (TPSA) is 130 Å². The quantitative estimate of drug-likeness (QED) is 0.366. The number of benzene rings is 3. The van der Waals surface area contributed by atoms with Crippen LogP contribution in [-0.2, 0) is 0 Å². The van der Waals surface area contributed by atoms with E-state index in [0.717, 1.165) is 16.8 Å². The molecule has 0 heterocycles. The number of nitro groups is 1. The molecule has 0 aromatic heterocycles. The van der Waals surface area contributed by atoms with Crippen molar-refractivity contribution in [3.63, 3.8) is 0 Å². The normalized spacial score (nSPS) is 9.88. The Balaban J connectivity index is 0.000000187. The SMILES string of the molecule is N=Cc1c(O)ccc2ccccc12.NC(=O)c1ccc([N+](=O)[O-])c(Cl)c1. The van der Waals surface area contributed by atoms with E-state index in [4.69, 9.17) is 22.7 Å². The summed E-state index contributed by atoms with van der Waals surface area (Å²) in [6, 6.07) is 14.7. The highest BCUT2D eigenvalue weighted by Crippen LogP contribution is 2.25. The number of amides is 1. The lowest BCUT2D eigenvalue weighted by molar-refractivity contribution is -0.384. The summed E-state index contributed by atoms with van der Waals surface area (Å²) in [4.78, 5) is 20.3. The van der Waals surface area contributed by atoms with Gasteiger partial charge in [-0.3, -0.25) is 14.9 Å². The molecule has 26 heavy (non-hydrogen) atoms. The van der Waals surface area contributed by atoms with Crippen LogP contribution in [-0.4, -0.2) is 22.2 Å². The maximum atomic E-state index is 10.6. The van der Waals surface area contributed by atoms with Crippen LogP contribution in [0.25, 0.3) is 10.8 Å². The van der Waals surface area contributed by atoms with E-state index >= 15 is 0 Å². The minimum atomic E-state index is -0.670. The number of primary amides is 1. The van der Waals surface area contributed by atoms with Gasteiger partial charge in [-0.1, -0.05) is 41.9 Å². The molecule has 3 rings (SSSR count). The van der Waals surface area contributed by atoms with E-state index < -0.39 is 10.8 Å². The van der Waals surface area contributed by atoms with E-state index in [1.165, 1.54) is 18.3 Å². The predicted molar refractivity (Wildman–Crippen MR) is 100 cm³/mol. The van der Waals surface area contributed by atoms with Gasteiger partial charge in [0.1, 0.15) is 10.8 Å². The van der Waals surface area contributed by atoms with E-state index in [2.05, 4.69) is 0 Å². The summed E-state index contributed by atoms with van der Waals surface area (Å²) in [5.41, 5.74) is 5.43. The van der Waals surface area contributed by atoms with Gasteiger partial charge in [0.15, 0.2) is 0 Å². The number of hydrogen-bond donors (Lipinski definition) is 3. The molecule has 7 nitrogen and oxygen atoms in total. The highest BCUT2D eigenvalue weighted by atomic mass is 35.5. The van der Waals surface area contributed by atoms with Crippen LogP contribution in [0.2, 0.25) is 5.02 Å². The van der Waals surface area contributed by atoms with Crippen molar-refractivity contribution < 1.29 is 14.8 Å². The average Bonchev–Trinajstić information content (AvgIpc) is 2.61. The van der Waals surface area contributed by atoms with Crippen LogP contribution in [0.15, 0.2) is 54.6 Å². The molecule has 3 aromatic rings. The average molecular weight is 372 g/mol. The molecule has 0 spiro atoms. The van der Waals surface area contributed by atoms with Crippen molar-refractivity contribution >= 4 is 40.2 Å². The molecule has 3 aromatic carbocycles. The van der Waals surface area contributed by atoms with Crippen LogP contribution < -0.4 is 5.73 Å². The van der Waals surface area contributed by atoms with Crippen molar-refractivity contribution in [1.82, 2.24) is 0 Å². The van der Waals surface area contributed by atoms with Gasteiger partial charge in [-0.25, -0.2) is 0 Å². The predicted octanol–water partition coefficient (Wildman–Crippen LogP) is 3.89. The summed E-state index contributed by atoms with van der Waals surface area (Å²) < 4.78 is 0. The van der Waals surface area contributed by atoms with Crippen molar-refractivity contribution in [2.75, 3.05) is 0 Å². The zero-order valence-corrected chi connectivity index (χ0v) is 14.1. The molecule has 0 aliphatic carbocycles. The molecule has 0 saturated carbocycles. The Labute approximate surface area is 153 Å². The molecule has 1 amide bonds. The van der Waals surface area contributed by atoms with Gasteiger partial charge in [-0.15, -0.1) is 0 Å². The van der Waals surface area contributed by atoms with Gasteiger partial charge in [0.2, 0.25) is 5.91 Å². The molecule has 132 valence electrons. The van der Waals surface area contributed by atoms with Crippen LogP contribution in [0.1, 0.15) is 15.9 Å². The highest BCUT2D eigenvalue weighted by molar-refractivity contribution is 6.33. The van der Waals surface area contributed by atoms with Crippen LogP contribution >= 0.6 is 11.6 Å². The molecule has 0 unspecified atom stereocenters. The number of nitrogens with one attached hydrogen (secondary N) is 1. The first-order valence-corrected chi connectivity index (χ1v) is 7.68. The fourth-order valence-electron chi connectivity index (χ4n) is 2.24. The third-order valence-electron chi connectivity index (χ3n) is 3.52. The lowest BCUT2D eigenvalue weighted by atomic mass is 10.0. The van der Waals surface area contributed by atoms with Crippen molar-refractivity contribution in [1.29, 1.82) is 5.41 Å². The minimum Gasteiger partial charge on any atom is -0.507 e. The Morgan fingerprint density at radius 1 is 1.19 bits per heavy atom. The standard InChI is InChI=1S/C11H9NO.C7H5ClN2O3/c12-7-10-9-4-2-1-3-8(9)5-6-11(10)13;8-5-3-4(7(9)11)1-2-6(5)10(12)13/h1-7,12-13H;1-3H,(H2,9,11). The van der Waals surface area contributed by atoms with Gasteiger partial charge in [-0.2, -0.15) is 0 Å². The van der Waals surface area contributed by atoms with Crippen LogP contribution in [0.5, 0.6) is 5.75 Å². The number of nitro benzene ring substituents is 1. The van der Waals surface area contributed by atoms with E-state index in [1.54, 1.807) is 6.07 Å². The van der Waals surface area contributed by atoms with Gasteiger partial charge < -0.3 is 16.2 Å². The van der Waals surface area contributed by atoms with Crippen LogP contribution in [0.4, 0.5) is 5.69 Å². The zero-order valence-electron chi connectivity index (χ0n) is 13.3. The minimum absolute atomic E-state index is 0.0960. The number of carbonyl (C=O) groups excluding carboxylic acids is 1. The first kappa shape index (κ1) is 18.9. The van der Waals surface area contributed by atoms with Crippen molar-refractivity contribution in [3.8, 4) is 5.75 Å². The third-order valence-corrected chi connectivity index (χ3v) is 3.82. The zero-order chi connectivity index (χ0) is 19.3. The Morgan fingerprint density at radius 2 is 1.88 bits per heavy atom. The summed E-state index contributed by atoms with van der Waals surface area (Å²) >= 11 is 5.52. The first-order chi connectivity index (χ1) is 12.3. The third kappa shape index (κ3) is 4.14. The van der Waals surface area contributed by atoms with Crippen molar-refractivity contribution in [2.45, 2.75) is 0 Å². The van der Waals surface area contributed by atoms with Crippen LogP contribution in [0.3, 0.4) is 0 Å². The molecule has 0 saturated heterocycles. The molecule has 0 fully saturated rings. The van der Waals surface area contributed by atoms with E-state index in [1.807, 2.05) is 30.3 Å². The maximum Gasteiger partial charge on any atom is 0.287 e. The summed E-state index contributed by atoms with van der Waals surface area (Å²) in [5.74, 6) is -0.509. The lowest BCUT2D eigenvalue weighted by Crippen LogP contribution is -2.10. The fraction of sp³-hybridized carbons (Fsp3) is 0. The first-order valence-electron chi connectivity index (χ1n) is 7.30. The number of aromatic hydroxyl groups is 1. The van der Waals surface area contributed by atoms with Gasteiger partial charge in [0, 0.05) is 23.4 Å². The van der Waals surface area contributed by atoms with Gasteiger partial charge in [-0.05, 0) is 29.0 Å². The number of fused-ring (bicyclic) bond motifs is 1. The van der Waals surface area contributed by atoms with Gasteiger partial charge >= 0.3 is 0 Å². The number of phenolic OH excluding ortho intramolecular Hbond substituents is 1. The second kappa shape index (κ2) is 8.09. The van der Waals surface area contributed by atoms with E-state index in [0.29, 0.717) is 5.56 Å². The maximum absolute atomic E-state index is 10.6. The van der Waals surface area contributed by atoms with Crippen molar-refractivity contribution in [2.24, 2.45) is 5.73 Å². The molecule has 0 radical (unpaired) electrons. The molecule has 0 aliphatic heterocycles. The van der Waals surface area contributed by atoms with E-state index in [-0.39, 0.29) is 22.0 Å². The molecule has 0 atom stereocenters. The summed E-state index contributed by atoms with van der Waals surface area (Å²) in [5, 5.41) is 28.8. The number of rotatable bonds is 3. The van der Waals surface area contributed by atoms with Gasteiger partial charge in [0.05, 0.1) is 4.92 Å². The summed E-state index contributed by atoms with van der Waals surface area (Å²) in [6.07, 6.45) is 1.18. The molecule has 8 heteroatoms. The summed E-state index contributed by atoms with van der Waals surface area (Å²) in [6.45, 7) is 0. The number of halogens is 1. The Kier molecular flexibility index (Phi) is 5.87. The Hall–Kier alpha value is -3.45. The Morgan fingerprint density at radius 3 is 2.46 bits per heavy atom. The Bertz CT molecular complexity index is 1000. The fourth-order valence-corrected chi connectivity index (χ4v) is 2.49. The van der Waals surface area contributed by atoms with E-state index in [9.17, 15) is 20.0 Å². The van der Waals surface area contributed by atoms with Gasteiger partial charge in [0.25, 0.3) is 5.69 Å². The molecule has 4 N–H and O–H groups in total. The molecule has 0 bridgehead atoms. The molecule has 0 aliphatic rings. The smallest absolute Gasteiger partial charge is 0.287 e. The number of phenols is 1. The largest absolute Gasteiger partial charge is 0.507 e. The number of nitrogens with two attached hydrogens (primary N) is 1. The second-order valence-electron chi connectivity index (χ2n) is 5.15. The van der Waals surface area contributed by atoms with Crippen LogP contribution in [0, 0.1) is 15.5 Å². The molecular formula is C18H14ClN3O4. The monoisotopic (exact) mass is 371 g/mol. The second-order valence-corrected chi connectivity index (χ2v) is 5.56.